The molecule has 0 heterocycles. The summed E-state index contributed by atoms with van der Waals surface area (Å²) in [5, 5.41) is 8.19. The van der Waals surface area contributed by atoms with Crippen LogP contribution in [0.25, 0.3) is 0 Å². The van der Waals surface area contributed by atoms with Crippen LogP contribution in [0.1, 0.15) is 90.4 Å². The number of carboxylic acids is 1. The average molecular weight is 554 g/mol. The van der Waals surface area contributed by atoms with Crippen molar-refractivity contribution < 1.29 is 37.2 Å². The van der Waals surface area contributed by atoms with Gasteiger partial charge in [-0.3, -0.25) is 24.0 Å². The molecule has 0 saturated carbocycles. The third-order valence-electron chi connectivity index (χ3n) is 5.81. The first-order valence-electron chi connectivity index (χ1n) is 13.1. The Morgan fingerprint density at radius 2 is 1.38 bits per heavy atom. The van der Waals surface area contributed by atoms with Crippen LogP contribution in [0.5, 0.6) is 0 Å². The van der Waals surface area contributed by atoms with Gasteiger partial charge in [-0.1, -0.05) is 95.8 Å². The van der Waals surface area contributed by atoms with Gasteiger partial charge in [0.15, 0.2) is 5.25 Å². The SMILES string of the molecule is CCCCCCCCCCCCCCON(CCOC(=O)C(CC(=O)O)S(=O)(=O)O)c1ccccc1.[NaH]. The number of nitrogens with zero attached hydrogens (tertiary/aromatic N) is 1. The zero-order valence-corrected chi connectivity index (χ0v) is 22.3. The normalized spacial score (nSPS) is 11.9. The van der Waals surface area contributed by atoms with E-state index in [0.717, 1.165) is 24.9 Å². The third-order valence-corrected chi connectivity index (χ3v) is 6.89. The van der Waals surface area contributed by atoms with Crippen molar-refractivity contribution in [2.24, 2.45) is 0 Å². The Morgan fingerprint density at radius 3 is 1.86 bits per heavy atom. The number of unbranched alkanes of at least 4 members (excludes halogenated alkanes) is 11. The molecule has 2 N–H and O–H groups in total. The number of carbonyl (C=O) groups is 2. The summed E-state index contributed by atoms with van der Waals surface area (Å²) in [6.07, 6.45) is 13.8. The molecule has 1 unspecified atom stereocenters. The number of hydroxylamine groups is 1. The monoisotopic (exact) mass is 553 g/mol. The number of aliphatic carboxylic acids is 1. The van der Waals surface area contributed by atoms with Crippen LogP contribution in [0.2, 0.25) is 0 Å². The Balaban J connectivity index is 0.0000130. The van der Waals surface area contributed by atoms with E-state index >= 15 is 0 Å². The summed E-state index contributed by atoms with van der Waals surface area (Å²) in [6.45, 7) is 2.59. The molecule has 0 aliphatic carbocycles. The summed E-state index contributed by atoms with van der Waals surface area (Å²) in [7, 11) is -4.90. The van der Waals surface area contributed by atoms with Crippen molar-refractivity contribution in [3.63, 3.8) is 0 Å². The molecule has 0 bridgehead atoms. The van der Waals surface area contributed by atoms with Crippen molar-refractivity contribution in [1.29, 1.82) is 0 Å². The van der Waals surface area contributed by atoms with Crippen LogP contribution in [0, 0.1) is 0 Å². The molecule has 0 aromatic heterocycles. The molecule has 0 aliphatic rings. The molecule has 9 nitrogen and oxygen atoms in total. The third kappa shape index (κ3) is 17.9. The second kappa shape index (κ2) is 21.7. The zero-order valence-electron chi connectivity index (χ0n) is 21.5. The molecular formula is C26H44NNaO8S. The average Bonchev–Trinajstić information content (AvgIpc) is 2.84. The first kappa shape index (κ1) is 35.8. The number of carboxylic acid groups (broad SMARTS) is 1. The number of rotatable bonds is 22. The molecule has 208 valence electrons. The second-order valence-electron chi connectivity index (χ2n) is 8.93. The molecule has 0 spiro atoms. The number of anilines is 1. The summed E-state index contributed by atoms with van der Waals surface area (Å²) in [6, 6.07) is 9.19. The predicted octanol–water partition coefficient (Wildman–Crippen LogP) is 4.75. The van der Waals surface area contributed by atoms with Gasteiger partial charge in [0.05, 0.1) is 25.3 Å². The van der Waals surface area contributed by atoms with Crippen molar-refractivity contribution in [2.75, 3.05) is 24.8 Å². The van der Waals surface area contributed by atoms with Gasteiger partial charge in [0, 0.05) is 0 Å². The first-order chi connectivity index (χ1) is 17.3. The van der Waals surface area contributed by atoms with Crippen molar-refractivity contribution >= 4 is 57.3 Å². The summed E-state index contributed by atoms with van der Waals surface area (Å²) >= 11 is 0. The van der Waals surface area contributed by atoms with E-state index in [1.54, 1.807) is 5.06 Å². The zero-order chi connectivity index (χ0) is 26.7. The number of benzene rings is 1. The first-order valence-corrected chi connectivity index (χ1v) is 14.6. The fourth-order valence-corrected chi connectivity index (χ4v) is 4.44. The number of esters is 1. The van der Waals surface area contributed by atoms with Gasteiger partial charge in [-0.05, 0) is 18.6 Å². The second-order valence-corrected chi connectivity index (χ2v) is 10.5. The van der Waals surface area contributed by atoms with Crippen LogP contribution < -0.4 is 5.06 Å². The fourth-order valence-electron chi connectivity index (χ4n) is 3.77. The van der Waals surface area contributed by atoms with Crippen molar-refractivity contribution in [3.05, 3.63) is 30.3 Å². The summed E-state index contributed by atoms with van der Waals surface area (Å²) in [5.74, 6) is -2.85. The molecule has 0 saturated heterocycles. The Hall–Kier alpha value is -1.17. The number of hydrogen-bond acceptors (Lipinski definition) is 7. The van der Waals surface area contributed by atoms with Gasteiger partial charge in [0.25, 0.3) is 10.1 Å². The van der Waals surface area contributed by atoms with Gasteiger partial charge in [0.1, 0.15) is 6.61 Å². The molecule has 11 heteroatoms. The van der Waals surface area contributed by atoms with Crippen LogP contribution >= 0.6 is 0 Å². The van der Waals surface area contributed by atoms with E-state index in [-0.39, 0.29) is 42.7 Å². The quantitative estimate of drug-likeness (QED) is 0.0686. The van der Waals surface area contributed by atoms with Crippen molar-refractivity contribution in [2.45, 2.75) is 95.6 Å². The van der Waals surface area contributed by atoms with Crippen LogP contribution in [0.3, 0.4) is 0 Å². The van der Waals surface area contributed by atoms with E-state index in [4.69, 9.17) is 19.2 Å². The molecule has 1 atom stereocenters. The van der Waals surface area contributed by atoms with Crippen molar-refractivity contribution in [3.8, 4) is 0 Å². The summed E-state index contributed by atoms with van der Waals surface area (Å²) in [4.78, 5) is 28.7. The molecule has 1 aromatic carbocycles. The molecule has 0 aliphatic heterocycles. The van der Waals surface area contributed by atoms with E-state index in [9.17, 15) is 18.0 Å². The number of carbonyl (C=O) groups excluding carboxylic acids is 1. The summed E-state index contributed by atoms with van der Waals surface area (Å²) < 4.78 is 36.7. The maximum absolute atomic E-state index is 12.0. The van der Waals surface area contributed by atoms with Crippen molar-refractivity contribution in [1.82, 2.24) is 0 Å². The minimum absolute atomic E-state index is 0. The van der Waals surface area contributed by atoms with Gasteiger partial charge in [-0.2, -0.15) is 8.42 Å². The Morgan fingerprint density at radius 1 is 0.865 bits per heavy atom. The van der Waals surface area contributed by atoms with E-state index in [1.807, 2.05) is 30.3 Å². The van der Waals surface area contributed by atoms with E-state index < -0.39 is 33.7 Å². The Labute approximate surface area is 244 Å². The molecule has 0 radical (unpaired) electrons. The molecule has 0 fully saturated rings. The molecular weight excluding hydrogens is 509 g/mol. The predicted molar refractivity (Wildman–Crippen MR) is 147 cm³/mol. The Kier molecular flexibility index (Phi) is 21.0. The number of para-hydroxylation sites is 1. The molecule has 37 heavy (non-hydrogen) atoms. The van der Waals surface area contributed by atoms with E-state index in [0.29, 0.717) is 6.61 Å². The molecule has 1 aromatic rings. The fraction of sp³-hybridized carbons (Fsp3) is 0.692. The number of hydrogen-bond donors (Lipinski definition) is 2. The van der Waals surface area contributed by atoms with Gasteiger partial charge in [-0.25, -0.2) is 0 Å². The van der Waals surface area contributed by atoms with Gasteiger partial charge in [0.2, 0.25) is 0 Å². The van der Waals surface area contributed by atoms with E-state index in [2.05, 4.69) is 6.92 Å². The minimum atomic E-state index is -4.90. The van der Waals surface area contributed by atoms with Crippen LogP contribution in [0.15, 0.2) is 30.3 Å². The van der Waals surface area contributed by atoms with Crippen LogP contribution in [-0.4, -0.2) is 84.6 Å². The Bertz CT molecular complexity index is 838. The van der Waals surface area contributed by atoms with Gasteiger partial charge < -0.3 is 9.84 Å². The molecule has 1 rings (SSSR count). The van der Waals surface area contributed by atoms with E-state index in [1.165, 1.54) is 57.8 Å². The van der Waals surface area contributed by atoms with Gasteiger partial charge >= 0.3 is 41.5 Å². The summed E-state index contributed by atoms with van der Waals surface area (Å²) in [5.41, 5.74) is 0.740. The molecule has 0 amide bonds. The van der Waals surface area contributed by atoms with Gasteiger partial charge in [-0.15, -0.1) is 0 Å². The number of ether oxygens (including phenoxy) is 1. The van der Waals surface area contributed by atoms with Crippen LogP contribution in [-0.2, 0) is 29.3 Å². The standard InChI is InChI=1S/C26H43NO8S.Na.H/c1-2-3-4-5-6-7-8-9-10-11-12-16-20-35-27(23-17-14-13-15-18-23)19-21-34-26(30)24(22-25(28)29)36(31,32)33;;/h13-15,17-18,24H,2-12,16,19-22H2,1H3,(H,28,29)(H,31,32,33);;. The van der Waals surface area contributed by atoms with Crippen LogP contribution in [0.4, 0.5) is 5.69 Å². The topological polar surface area (TPSA) is 130 Å². The maximum atomic E-state index is 12.0.